The lowest BCUT2D eigenvalue weighted by atomic mass is 9.90. The Kier molecular flexibility index (Phi) is 4.05. The number of fused-ring (bicyclic) bond motifs is 2. The first-order valence-electron chi connectivity index (χ1n) is 8.92. The molecule has 1 aromatic heterocycles. The van der Waals surface area contributed by atoms with Gasteiger partial charge in [0.15, 0.2) is 6.10 Å². The smallest absolute Gasteiger partial charge is 0.268 e. The normalized spacial score (nSPS) is 19.6. The molecule has 0 spiro atoms. The number of rotatable bonds is 4. The highest BCUT2D eigenvalue weighted by atomic mass is 16.5. The summed E-state index contributed by atoms with van der Waals surface area (Å²) in [5.41, 5.74) is 3.63. The molecule has 0 N–H and O–H groups in total. The van der Waals surface area contributed by atoms with Gasteiger partial charge in [0.25, 0.3) is 5.91 Å². The summed E-state index contributed by atoms with van der Waals surface area (Å²) in [6, 6.07) is 8.09. The second kappa shape index (κ2) is 6.34. The fourth-order valence-electron chi connectivity index (χ4n) is 3.72. The number of ether oxygens (including phenoxy) is 1. The summed E-state index contributed by atoms with van der Waals surface area (Å²) < 4.78 is 11.6. The maximum Gasteiger partial charge on any atom is 0.268 e. The van der Waals surface area contributed by atoms with Crippen molar-refractivity contribution in [2.75, 3.05) is 4.90 Å². The molecule has 2 aliphatic rings. The van der Waals surface area contributed by atoms with E-state index in [-0.39, 0.29) is 12.0 Å². The van der Waals surface area contributed by atoms with E-state index in [1.807, 2.05) is 17.0 Å². The van der Waals surface area contributed by atoms with Gasteiger partial charge in [0, 0.05) is 0 Å². The topological polar surface area (TPSA) is 42.7 Å². The molecule has 1 aliphatic heterocycles. The lowest BCUT2D eigenvalue weighted by Gasteiger charge is -2.35. The zero-order chi connectivity index (χ0) is 16.5. The van der Waals surface area contributed by atoms with Crippen LogP contribution in [-0.4, -0.2) is 12.0 Å². The Bertz CT molecular complexity index is 736. The molecule has 1 atom stereocenters. The molecule has 0 saturated carbocycles. The molecule has 0 saturated heterocycles. The molecule has 1 unspecified atom stereocenters. The number of hydrogen-bond donors (Lipinski definition) is 0. The number of aryl methyl sites for hydroxylation is 2. The van der Waals surface area contributed by atoms with Gasteiger partial charge in [-0.2, -0.15) is 0 Å². The summed E-state index contributed by atoms with van der Waals surface area (Å²) >= 11 is 0. The van der Waals surface area contributed by atoms with E-state index in [1.54, 1.807) is 6.26 Å². The number of furan rings is 1. The molecule has 4 nitrogen and oxygen atoms in total. The zero-order valence-electron chi connectivity index (χ0n) is 14.1. The van der Waals surface area contributed by atoms with Crippen LogP contribution in [0.3, 0.4) is 0 Å². The number of amides is 1. The van der Waals surface area contributed by atoms with E-state index in [2.05, 4.69) is 19.1 Å². The van der Waals surface area contributed by atoms with Crippen LogP contribution in [0.15, 0.2) is 34.9 Å². The van der Waals surface area contributed by atoms with Gasteiger partial charge >= 0.3 is 0 Å². The van der Waals surface area contributed by atoms with E-state index in [1.165, 1.54) is 24.0 Å². The lowest BCUT2D eigenvalue weighted by Crippen LogP contribution is -2.45. The summed E-state index contributed by atoms with van der Waals surface area (Å²) in [4.78, 5) is 14.8. The second-order valence-corrected chi connectivity index (χ2v) is 6.69. The van der Waals surface area contributed by atoms with Gasteiger partial charge in [-0.05, 0) is 67.5 Å². The van der Waals surface area contributed by atoms with E-state index in [4.69, 9.17) is 9.15 Å². The monoisotopic (exact) mass is 325 g/mol. The van der Waals surface area contributed by atoms with Gasteiger partial charge in [0.1, 0.15) is 11.5 Å². The Morgan fingerprint density at radius 1 is 1.21 bits per heavy atom. The molecule has 2 aromatic rings. The highest BCUT2D eigenvalue weighted by molar-refractivity contribution is 6.00. The number of nitrogens with zero attached hydrogens (tertiary/aromatic N) is 1. The number of carbonyl (C=O) groups is 1. The van der Waals surface area contributed by atoms with Gasteiger partial charge in [0.2, 0.25) is 0 Å². The van der Waals surface area contributed by atoms with E-state index in [0.29, 0.717) is 6.54 Å². The van der Waals surface area contributed by atoms with Crippen molar-refractivity contribution in [2.45, 2.75) is 58.1 Å². The van der Waals surface area contributed by atoms with Crippen LogP contribution in [0.1, 0.15) is 49.5 Å². The number of carbonyl (C=O) groups excluding carboxylic acids is 1. The summed E-state index contributed by atoms with van der Waals surface area (Å²) in [5.74, 6) is 1.68. The van der Waals surface area contributed by atoms with Crippen molar-refractivity contribution < 1.29 is 13.9 Å². The summed E-state index contributed by atoms with van der Waals surface area (Å²) in [5, 5.41) is 0. The van der Waals surface area contributed by atoms with Gasteiger partial charge in [0.05, 0.1) is 18.5 Å². The third kappa shape index (κ3) is 2.70. The van der Waals surface area contributed by atoms with E-state index in [9.17, 15) is 4.79 Å². The fraction of sp³-hybridized carbons (Fsp3) is 0.450. The minimum atomic E-state index is -0.390. The molecule has 126 valence electrons. The predicted molar refractivity (Wildman–Crippen MR) is 92.3 cm³/mol. The van der Waals surface area contributed by atoms with Crippen LogP contribution in [0.2, 0.25) is 0 Å². The molecule has 4 rings (SSSR count). The van der Waals surface area contributed by atoms with Gasteiger partial charge in [-0.1, -0.05) is 13.3 Å². The predicted octanol–water partition coefficient (Wildman–Crippen LogP) is 4.25. The number of benzene rings is 1. The summed E-state index contributed by atoms with van der Waals surface area (Å²) in [6.45, 7) is 2.54. The highest BCUT2D eigenvalue weighted by Crippen LogP contribution is 2.40. The molecule has 4 heteroatoms. The minimum Gasteiger partial charge on any atom is -0.478 e. The van der Waals surface area contributed by atoms with Crippen LogP contribution in [0.4, 0.5) is 5.69 Å². The quantitative estimate of drug-likeness (QED) is 0.844. The molecule has 1 aromatic carbocycles. The van der Waals surface area contributed by atoms with E-state index >= 15 is 0 Å². The number of anilines is 1. The van der Waals surface area contributed by atoms with E-state index in [0.717, 1.165) is 42.9 Å². The van der Waals surface area contributed by atoms with E-state index < -0.39 is 0 Å². The fourth-order valence-corrected chi connectivity index (χ4v) is 3.72. The van der Waals surface area contributed by atoms with Crippen molar-refractivity contribution in [3.8, 4) is 5.75 Å². The van der Waals surface area contributed by atoms with Crippen LogP contribution in [-0.2, 0) is 24.2 Å². The Balaban J connectivity index is 1.75. The zero-order valence-corrected chi connectivity index (χ0v) is 14.1. The molecule has 0 radical (unpaired) electrons. The van der Waals surface area contributed by atoms with Crippen LogP contribution in [0, 0.1) is 0 Å². The Hall–Kier alpha value is -2.23. The first-order chi connectivity index (χ1) is 11.8. The molecule has 1 amide bonds. The minimum absolute atomic E-state index is 0.0384. The van der Waals surface area contributed by atoms with Crippen molar-refractivity contribution >= 4 is 11.6 Å². The average molecular weight is 325 g/mol. The third-order valence-corrected chi connectivity index (χ3v) is 4.97. The van der Waals surface area contributed by atoms with Crippen LogP contribution in [0.25, 0.3) is 0 Å². The Morgan fingerprint density at radius 2 is 2.00 bits per heavy atom. The van der Waals surface area contributed by atoms with Crippen LogP contribution >= 0.6 is 0 Å². The Labute approximate surface area is 142 Å². The highest BCUT2D eigenvalue weighted by Gasteiger charge is 2.35. The molecule has 0 bridgehead atoms. The Morgan fingerprint density at radius 3 is 2.71 bits per heavy atom. The summed E-state index contributed by atoms with van der Waals surface area (Å²) in [6.07, 6.45) is 7.57. The molecular formula is C20H23NO3. The third-order valence-electron chi connectivity index (χ3n) is 4.97. The van der Waals surface area contributed by atoms with Gasteiger partial charge in [-0.3, -0.25) is 9.69 Å². The molecular weight excluding hydrogens is 302 g/mol. The van der Waals surface area contributed by atoms with Crippen molar-refractivity contribution in [3.05, 3.63) is 47.4 Å². The first-order valence-corrected chi connectivity index (χ1v) is 8.92. The molecule has 0 fully saturated rings. The van der Waals surface area contributed by atoms with Crippen molar-refractivity contribution in [1.82, 2.24) is 0 Å². The number of hydrogen-bond acceptors (Lipinski definition) is 3. The lowest BCUT2D eigenvalue weighted by molar-refractivity contribution is -0.126. The van der Waals surface area contributed by atoms with Crippen molar-refractivity contribution in [2.24, 2.45) is 0 Å². The molecule has 24 heavy (non-hydrogen) atoms. The van der Waals surface area contributed by atoms with Gasteiger partial charge in [-0.15, -0.1) is 0 Å². The largest absolute Gasteiger partial charge is 0.478 e. The SMILES string of the molecule is CCCC1Oc2cc3c(cc2N(Cc2ccco2)C1=O)CCCC3. The average Bonchev–Trinajstić information content (AvgIpc) is 3.10. The van der Waals surface area contributed by atoms with Crippen molar-refractivity contribution in [3.63, 3.8) is 0 Å². The first kappa shape index (κ1) is 15.3. The maximum atomic E-state index is 12.9. The van der Waals surface area contributed by atoms with Crippen LogP contribution < -0.4 is 9.64 Å². The van der Waals surface area contributed by atoms with Gasteiger partial charge < -0.3 is 9.15 Å². The molecule has 1 aliphatic carbocycles. The second-order valence-electron chi connectivity index (χ2n) is 6.69. The maximum absolute atomic E-state index is 12.9. The summed E-state index contributed by atoms with van der Waals surface area (Å²) in [7, 11) is 0. The van der Waals surface area contributed by atoms with Crippen molar-refractivity contribution in [1.29, 1.82) is 0 Å². The molecule has 2 heterocycles. The standard InChI is InChI=1S/C20H23NO3/c1-2-6-18-20(22)21(13-16-9-5-10-23-16)17-11-14-7-3-4-8-15(14)12-19(17)24-18/h5,9-12,18H,2-4,6-8,13H2,1H3. The van der Waals surface area contributed by atoms with Crippen LogP contribution in [0.5, 0.6) is 5.75 Å². The van der Waals surface area contributed by atoms with Gasteiger partial charge in [-0.25, -0.2) is 0 Å².